The molecule has 3 aliphatic rings. The number of ether oxygens (including phenoxy) is 1. The van der Waals surface area contributed by atoms with Crippen LogP contribution in [0.25, 0.3) is 0 Å². The Bertz CT molecular complexity index is 1320. The summed E-state index contributed by atoms with van der Waals surface area (Å²) in [4.78, 5) is 51.2. The standard InChI is InChI=1S/C30H39FN6O5.C2H6.CH5N/c1-4-30(10-8-29(2,18-38)9-11-30)17-34-27(40)22-14-23(37(3)26(36-22)20(31)7-12-32)28(41)33-15-19-5-6-24-21(13-19)35-25(39)16-42-24;2*1-2/h5-6,12-14,18,23,32,36H,4,7-11,15-17H2,1-3H3,(H,33,41)(H,34,40)(H,35,39);1-2H3;2H2,1H3/b26-20-,32-12?;;. The fourth-order valence-corrected chi connectivity index (χ4v) is 5.52. The molecule has 0 aromatic heterocycles. The van der Waals surface area contributed by atoms with Crippen LogP contribution in [0.5, 0.6) is 5.75 Å². The summed E-state index contributed by atoms with van der Waals surface area (Å²) in [6.07, 6.45) is 7.03. The second-order valence-electron chi connectivity index (χ2n) is 11.6. The first-order valence-electron chi connectivity index (χ1n) is 15.8. The van der Waals surface area contributed by atoms with Crippen molar-refractivity contribution in [2.75, 3.05) is 32.6 Å². The number of allylic oxidation sites excluding steroid dienone is 1. The zero-order valence-corrected chi connectivity index (χ0v) is 27.8. The summed E-state index contributed by atoms with van der Waals surface area (Å²) in [5.41, 5.74) is 5.27. The number of fused-ring (bicyclic) bond motifs is 1. The molecule has 1 aromatic carbocycles. The number of nitrogens with one attached hydrogen (secondary N) is 5. The molecule has 0 bridgehead atoms. The van der Waals surface area contributed by atoms with Crippen LogP contribution in [-0.2, 0) is 25.7 Å². The number of anilines is 1. The number of aldehydes is 1. The van der Waals surface area contributed by atoms with Gasteiger partial charge in [0, 0.05) is 38.2 Å². The largest absolute Gasteiger partial charge is 0.482 e. The molecular weight excluding hydrogens is 593 g/mol. The molecule has 2 aliphatic heterocycles. The highest BCUT2D eigenvalue weighted by Crippen LogP contribution is 2.45. The minimum absolute atomic E-state index is 0.0387. The van der Waals surface area contributed by atoms with Crippen molar-refractivity contribution >= 4 is 35.9 Å². The molecule has 7 N–H and O–H groups in total. The lowest BCUT2D eigenvalue weighted by atomic mass is 9.64. The Labute approximate surface area is 271 Å². The summed E-state index contributed by atoms with van der Waals surface area (Å²) < 4.78 is 20.4. The second-order valence-corrected chi connectivity index (χ2v) is 11.6. The number of nitrogens with two attached hydrogens (primary N) is 1. The highest BCUT2D eigenvalue weighted by molar-refractivity contribution is 5.96. The van der Waals surface area contributed by atoms with Gasteiger partial charge in [-0.2, -0.15) is 0 Å². The SMILES string of the molecule is CC.CCC1(CNC(=O)C2=CC(C(=O)NCc3ccc4c(c3)NC(=O)CO4)N(C)/C(=C(\F)CC=N)N2)CCC(C)(C=O)CC1.CN. The van der Waals surface area contributed by atoms with Gasteiger partial charge in [-0.05, 0) is 68.3 Å². The van der Waals surface area contributed by atoms with Crippen molar-refractivity contribution in [2.24, 2.45) is 16.6 Å². The number of halogens is 1. The minimum Gasteiger partial charge on any atom is -0.482 e. The summed E-state index contributed by atoms with van der Waals surface area (Å²) in [5, 5.41) is 18.7. The molecule has 0 radical (unpaired) electrons. The van der Waals surface area contributed by atoms with Gasteiger partial charge in [0.05, 0.1) is 5.69 Å². The molecule has 46 heavy (non-hydrogen) atoms. The van der Waals surface area contributed by atoms with Gasteiger partial charge in [0.25, 0.3) is 11.8 Å². The molecule has 254 valence electrons. The maximum atomic E-state index is 15.0. The summed E-state index contributed by atoms with van der Waals surface area (Å²) in [6.45, 7) is 8.49. The van der Waals surface area contributed by atoms with E-state index in [1.807, 2.05) is 20.8 Å². The highest BCUT2D eigenvalue weighted by atomic mass is 19.1. The van der Waals surface area contributed by atoms with Gasteiger partial charge >= 0.3 is 0 Å². The molecule has 1 atom stereocenters. The quantitative estimate of drug-likeness (QED) is 0.166. The third kappa shape index (κ3) is 9.38. The first-order valence-corrected chi connectivity index (χ1v) is 15.8. The van der Waals surface area contributed by atoms with Gasteiger partial charge in [0.2, 0.25) is 5.91 Å². The highest BCUT2D eigenvalue weighted by Gasteiger charge is 2.40. The Morgan fingerprint density at radius 1 is 1.17 bits per heavy atom. The van der Waals surface area contributed by atoms with E-state index in [0.29, 0.717) is 23.5 Å². The molecule has 0 saturated heterocycles. The number of carbonyl (C=O) groups excluding carboxylic acids is 4. The van der Waals surface area contributed by atoms with Crippen LogP contribution >= 0.6 is 0 Å². The number of carbonyl (C=O) groups is 4. The van der Waals surface area contributed by atoms with E-state index in [9.17, 15) is 19.2 Å². The van der Waals surface area contributed by atoms with Gasteiger partial charge in [0.15, 0.2) is 6.61 Å². The van der Waals surface area contributed by atoms with Crippen molar-refractivity contribution in [2.45, 2.75) is 78.8 Å². The van der Waals surface area contributed by atoms with Crippen molar-refractivity contribution in [1.82, 2.24) is 20.9 Å². The number of hydrogen-bond acceptors (Lipinski definition) is 9. The number of benzene rings is 1. The summed E-state index contributed by atoms with van der Waals surface area (Å²) in [5.74, 6) is -1.41. The van der Waals surface area contributed by atoms with E-state index in [0.717, 1.165) is 44.6 Å². The van der Waals surface area contributed by atoms with Crippen LogP contribution in [0.4, 0.5) is 10.1 Å². The summed E-state index contributed by atoms with van der Waals surface area (Å²) in [6, 6.07) is 4.16. The van der Waals surface area contributed by atoms with Crippen LogP contribution in [0.15, 0.2) is 41.6 Å². The Kier molecular flexibility index (Phi) is 14.4. The van der Waals surface area contributed by atoms with Crippen molar-refractivity contribution in [1.29, 1.82) is 5.41 Å². The van der Waals surface area contributed by atoms with Crippen LogP contribution in [-0.4, -0.2) is 68.4 Å². The van der Waals surface area contributed by atoms with Gasteiger partial charge in [0.1, 0.15) is 35.4 Å². The van der Waals surface area contributed by atoms with Gasteiger partial charge in [-0.3, -0.25) is 14.4 Å². The van der Waals surface area contributed by atoms with Gasteiger partial charge in [-0.15, -0.1) is 0 Å². The maximum absolute atomic E-state index is 15.0. The van der Waals surface area contributed by atoms with E-state index in [1.165, 1.54) is 25.1 Å². The maximum Gasteiger partial charge on any atom is 0.267 e. The molecule has 13 heteroatoms. The van der Waals surface area contributed by atoms with E-state index in [1.54, 1.807) is 18.2 Å². The monoisotopic (exact) mass is 643 g/mol. The normalized spacial score (nSPS) is 24.3. The topological polar surface area (TPSA) is 179 Å². The summed E-state index contributed by atoms with van der Waals surface area (Å²) >= 11 is 0. The molecule has 0 spiro atoms. The molecule has 2 heterocycles. The van der Waals surface area contributed by atoms with Crippen LogP contribution in [0.1, 0.15) is 71.8 Å². The molecule has 1 aromatic rings. The van der Waals surface area contributed by atoms with E-state index in [2.05, 4.69) is 33.9 Å². The van der Waals surface area contributed by atoms with Crippen LogP contribution in [0, 0.1) is 16.2 Å². The third-order valence-electron chi connectivity index (χ3n) is 8.65. The molecule has 1 aliphatic carbocycles. The second kappa shape index (κ2) is 17.4. The average Bonchev–Trinajstić information content (AvgIpc) is 3.08. The van der Waals surface area contributed by atoms with E-state index in [-0.39, 0.29) is 47.8 Å². The molecule has 12 nitrogen and oxygen atoms in total. The van der Waals surface area contributed by atoms with E-state index < -0.39 is 23.7 Å². The number of likely N-dealkylation sites (N-methyl/N-ethyl adjacent to an activating group) is 1. The smallest absolute Gasteiger partial charge is 0.267 e. The van der Waals surface area contributed by atoms with E-state index in [4.69, 9.17) is 10.1 Å². The van der Waals surface area contributed by atoms with Gasteiger partial charge in [-0.25, -0.2) is 4.39 Å². The Hall–Kier alpha value is -4.26. The minimum atomic E-state index is -1.01. The predicted octanol–water partition coefficient (Wildman–Crippen LogP) is 3.49. The fourth-order valence-electron chi connectivity index (χ4n) is 5.52. The molecule has 1 saturated carbocycles. The van der Waals surface area contributed by atoms with Crippen LogP contribution in [0.2, 0.25) is 0 Å². The Morgan fingerprint density at radius 2 is 1.85 bits per heavy atom. The third-order valence-corrected chi connectivity index (χ3v) is 8.65. The zero-order chi connectivity index (χ0) is 34.5. The molecule has 1 fully saturated rings. The molecule has 3 amide bonds. The van der Waals surface area contributed by atoms with Crippen LogP contribution < -0.4 is 31.7 Å². The lowest BCUT2D eigenvalue weighted by molar-refractivity contribution is -0.124. The van der Waals surface area contributed by atoms with Crippen LogP contribution in [0.3, 0.4) is 0 Å². The van der Waals surface area contributed by atoms with Crippen molar-refractivity contribution in [3.05, 3.63) is 47.2 Å². The van der Waals surface area contributed by atoms with E-state index >= 15 is 4.39 Å². The molecule has 1 unspecified atom stereocenters. The molecular formula is C33H50FN7O5. The first kappa shape index (κ1) is 37.9. The predicted molar refractivity (Wildman–Crippen MR) is 177 cm³/mol. The number of rotatable bonds is 10. The first-order chi connectivity index (χ1) is 22.0. The fraction of sp³-hybridized carbons (Fsp3) is 0.545. The van der Waals surface area contributed by atoms with Crippen molar-refractivity contribution in [3.8, 4) is 5.75 Å². The molecule has 4 rings (SSSR count). The lowest BCUT2D eigenvalue weighted by Gasteiger charge is -2.42. The number of amides is 3. The van der Waals surface area contributed by atoms with Gasteiger partial charge in [-0.1, -0.05) is 33.8 Å². The Balaban J connectivity index is 0.00000177. The lowest BCUT2D eigenvalue weighted by Crippen LogP contribution is -2.52. The average molecular weight is 644 g/mol. The Morgan fingerprint density at radius 3 is 2.46 bits per heavy atom. The number of nitrogens with zero attached hydrogens (tertiary/aromatic N) is 1. The zero-order valence-electron chi connectivity index (χ0n) is 27.8. The van der Waals surface area contributed by atoms with Crippen molar-refractivity contribution in [3.63, 3.8) is 0 Å². The summed E-state index contributed by atoms with van der Waals surface area (Å²) in [7, 11) is 3.03. The van der Waals surface area contributed by atoms with Gasteiger partial charge < -0.3 is 46.8 Å². The number of hydrogen-bond donors (Lipinski definition) is 6. The van der Waals surface area contributed by atoms with Crippen molar-refractivity contribution < 1.29 is 28.3 Å².